The van der Waals surface area contributed by atoms with Gasteiger partial charge in [0, 0.05) is 22.8 Å². The van der Waals surface area contributed by atoms with Crippen molar-refractivity contribution in [3.8, 4) is 0 Å². The first kappa shape index (κ1) is 21.1. The standard InChI is InChI=1S/C23H23ClN4O3/c1-11-6-5-7-15(26-11)21(23(2,3)4)28-18-17(19(29)20(18)30)27-14-9-8-13(24)12-10-25-22(31)16(12)14/h5-9,21,27-28H,10H2,1-4H3,(H,25,31)/t21-/m0/s1. The maximum Gasteiger partial charge on any atom is 0.254 e. The summed E-state index contributed by atoms with van der Waals surface area (Å²) in [5.74, 6) is -0.273. The van der Waals surface area contributed by atoms with E-state index >= 15 is 0 Å². The molecule has 2 heterocycles. The van der Waals surface area contributed by atoms with Gasteiger partial charge >= 0.3 is 0 Å². The summed E-state index contributed by atoms with van der Waals surface area (Å²) < 4.78 is 0. The summed E-state index contributed by atoms with van der Waals surface area (Å²) in [5.41, 5.74) is 1.93. The number of hydrogen-bond donors (Lipinski definition) is 3. The number of hydrogen-bond acceptors (Lipinski definition) is 6. The molecule has 3 N–H and O–H groups in total. The van der Waals surface area contributed by atoms with E-state index in [0.29, 0.717) is 28.4 Å². The molecule has 0 aliphatic carbocycles. The Labute approximate surface area is 184 Å². The van der Waals surface area contributed by atoms with Gasteiger partial charge in [-0.15, -0.1) is 0 Å². The van der Waals surface area contributed by atoms with Crippen LogP contribution in [0.15, 0.2) is 39.9 Å². The van der Waals surface area contributed by atoms with Crippen LogP contribution in [0.3, 0.4) is 0 Å². The van der Waals surface area contributed by atoms with Gasteiger partial charge in [0.1, 0.15) is 11.4 Å². The first-order valence-corrected chi connectivity index (χ1v) is 10.4. The highest BCUT2D eigenvalue weighted by Gasteiger charge is 2.33. The normalized spacial score (nSPS) is 14.3. The van der Waals surface area contributed by atoms with Crippen LogP contribution in [0.4, 0.5) is 17.1 Å². The van der Waals surface area contributed by atoms with Crippen LogP contribution in [0.1, 0.15) is 54.1 Å². The summed E-state index contributed by atoms with van der Waals surface area (Å²) in [4.78, 5) is 41.7. The van der Waals surface area contributed by atoms with Crippen LogP contribution in [-0.4, -0.2) is 10.9 Å². The Kier molecular flexibility index (Phi) is 5.09. The number of fused-ring (bicyclic) bond motifs is 1. The minimum absolute atomic E-state index is 0.135. The number of pyridine rings is 1. The Morgan fingerprint density at radius 3 is 2.45 bits per heavy atom. The highest BCUT2D eigenvalue weighted by molar-refractivity contribution is 6.32. The van der Waals surface area contributed by atoms with Gasteiger partial charge in [-0.05, 0) is 36.6 Å². The van der Waals surface area contributed by atoms with Gasteiger partial charge in [0.05, 0.1) is 23.0 Å². The van der Waals surface area contributed by atoms with E-state index in [1.54, 1.807) is 12.1 Å². The number of rotatable bonds is 5. The van der Waals surface area contributed by atoms with Gasteiger partial charge in [0.2, 0.25) is 0 Å². The summed E-state index contributed by atoms with van der Waals surface area (Å²) in [6.45, 7) is 8.32. The predicted octanol–water partition coefficient (Wildman–Crippen LogP) is 3.83. The van der Waals surface area contributed by atoms with E-state index in [1.165, 1.54) is 0 Å². The van der Waals surface area contributed by atoms with Crippen molar-refractivity contribution in [1.82, 2.24) is 10.3 Å². The minimum Gasteiger partial charge on any atom is -0.371 e. The van der Waals surface area contributed by atoms with Gasteiger partial charge in [-0.25, -0.2) is 0 Å². The van der Waals surface area contributed by atoms with Crippen LogP contribution in [0.25, 0.3) is 0 Å². The van der Waals surface area contributed by atoms with Crippen molar-refractivity contribution in [2.45, 2.75) is 40.3 Å². The van der Waals surface area contributed by atoms with Gasteiger partial charge in [-0.3, -0.25) is 19.4 Å². The van der Waals surface area contributed by atoms with Crippen LogP contribution in [0, 0.1) is 12.3 Å². The molecule has 7 nitrogen and oxygen atoms in total. The molecule has 160 valence electrons. The number of nitrogens with zero attached hydrogens (tertiary/aromatic N) is 1. The maximum absolute atomic E-state index is 12.4. The molecule has 1 aliphatic rings. The molecule has 1 aliphatic heterocycles. The third-order valence-corrected chi connectivity index (χ3v) is 5.79. The first-order valence-electron chi connectivity index (χ1n) is 9.98. The van der Waals surface area contributed by atoms with E-state index in [-0.39, 0.29) is 28.7 Å². The second kappa shape index (κ2) is 7.50. The Bertz CT molecular complexity index is 1270. The number of halogens is 1. The molecular formula is C23H23ClN4O3. The number of carbonyl (C=O) groups is 1. The van der Waals surface area contributed by atoms with Crippen molar-refractivity contribution in [1.29, 1.82) is 0 Å². The van der Waals surface area contributed by atoms with E-state index in [0.717, 1.165) is 11.4 Å². The number of nitrogens with one attached hydrogen (secondary N) is 3. The lowest BCUT2D eigenvalue weighted by atomic mass is 9.84. The van der Waals surface area contributed by atoms with Gasteiger partial charge in [-0.1, -0.05) is 38.4 Å². The quantitative estimate of drug-likeness (QED) is 0.523. The molecule has 1 aromatic heterocycles. The lowest BCUT2D eigenvalue weighted by molar-refractivity contribution is 0.0966. The zero-order valence-corrected chi connectivity index (χ0v) is 18.5. The number of benzene rings is 1. The van der Waals surface area contributed by atoms with Crippen molar-refractivity contribution in [2.24, 2.45) is 5.41 Å². The molecule has 3 aromatic rings. The highest BCUT2D eigenvalue weighted by Crippen LogP contribution is 2.37. The number of aromatic nitrogens is 1. The van der Waals surface area contributed by atoms with Crippen LogP contribution < -0.4 is 26.8 Å². The summed E-state index contributed by atoms with van der Waals surface area (Å²) in [6, 6.07) is 8.70. The average molecular weight is 439 g/mol. The summed E-state index contributed by atoms with van der Waals surface area (Å²) in [6.07, 6.45) is 0. The molecule has 0 spiro atoms. The number of aryl methyl sites for hydroxylation is 1. The van der Waals surface area contributed by atoms with Crippen molar-refractivity contribution in [2.75, 3.05) is 10.6 Å². The summed E-state index contributed by atoms with van der Waals surface area (Å²) >= 11 is 6.20. The molecule has 1 amide bonds. The second-order valence-corrected chi connectivity index (χ2v) is 9.22. The van der Waals surface area contributed by atoms with Crippen LogP contribution in [0.2, 0.25) is 5.02 Å². The summed E-state index contributed by atoms with van der Waals surface area (Å²) in [7, 11) is 0. The van der Waals surface area contributed by atoms with E-state index in [2.05, 4.69) is 20.9 Å². The monoisotopic (exact) mass is 438 g/mol. The van der Waals surface area contributed by atoms with E-state index < -0.39 is 10.9 Å². The van der Waals surface area contributed by atoms with Gasteiger partial charge in [0.15, 0.2) is 0 Å². The fourth-order valence-corrected chi connectivity index (χ4v) is 4.03. The second-order valence-electron chi connectivity index (χ2n) is 8.81. The van der Waals surface area contributed by atoms with Crippen LogP contribution in [-0.2, 0) is 6.54 Å². The SMILES string of the molecule is Cc1cccc([C@H](Nc2c(Nc3ccc(Cl)c4c3C(=O)NC4)c(=O)c2=O)C(C)(C)C)n1. The number of amides is 1. The molecule has 2 aromatic carbocycles. The van der Waals surface area contributed by atoms with Crippen LogP contribution >= 0.6 is 11.6 Å². The summed E-state index contributed by atoms with van der Waals surface area (Å²) in [5, 5.41) is 9.43. The van der Waals surface area contributed by atoms with Gasteiger partial charge < -0.3 is 16.0 Å². The zero-order chi connectivity index (χ0) is 22.5. The molecule has 0 saturated heterocycles. The molecule has 0 radical (unpaired) electrons. The Morgan fingerprint density at radius 2 is 1.77 bits per heavy atom. The smallest absolute Gasteiger partial charge is 0.254 e. The van der Waals surface area contributed by atoms with Crippen molar-refractivity contribution < 1.29 is 4.79 Å². The highest BCUT2D eigenvalue weighted by atomic mass is 35.5. The predicted molar refractivity (Wildman–Crippen MR) is 122 cm³/mol. The van der Waals surface area contributed by atoms with Crippen LogP contribution in [0.5, 0.6) is 0 Å². The zero-order valence-electron chi connectivity index (χ0n) is 17.7. The molecule has 31 heavy (non-hydrogen) atoms. The first-order chi connectivity index (χ1) is 14.6. The fraction of sp³-hybridized carbons (Fsp3) is 0.304. The van der Waals surface area contributed by atoms with Crippen molar-refractivity contribution in [3.05, 3.63) is 78.3 Å². The third kappa shape index (κ3) is 3.70. The molecule has 1 atom stereocenters. The molecule has 0 bridgehead atoms. The van der Waals surface area contributed by atoms with Crippen molar-refractivity contribution in [3.63, 3.8) is 0 Å². The Morgan fingerprint density at radius 1 is 1.06 bits per heavy atom. The minimum atomic E-state index is -0.630. The largest absolute Gasteiger partial charge is 0.371 e. The van der Waals surface area contributed by atoms with E-state index in [1.807, 2.05) is 45.9 Å². The molecule has 0 fully saturated rings. The number of carbonyl (C=O) groups excluding carboxylic acids is 1. The molecule has 0 saturated carbocycles. The van der Waals surface area contributed by atoms with Gasteiger partial charge in [-0.2, -0.15) is 0 Å². The van der Waals surface area contributed by atoms with Gasteiger partial charge in [0.25, 0.3) is 16.8 Å². The van der Waals surface area contributed by atoms with E-state index in [9.17, 15) is 14.4 Å². The molecule has 0 unspecified atom stereocenters. The lowest BCUT2D eigenvalue weighted by Crippen LogP contribution is -2.39. The average Bonchev–Trinajstić information content (AvgIpc) is 3.10. The maximum atomic E-state index is 12.4. The third-order valence-electron chi connectivity index (χ3n) is 5.44. The lowest BCUT2D eigenvalue weighted by Gasteiger charge is -2.33. The molecule has 4 rings (SSSR count). The fourth-order valence-electron chi connectivity index (χ4n) is 3.80. The Hall–Kier alpha value is -3.19. The Balaban J connectivity index is 1.71. The number of anilines is 3. The van der Waals surface area contributed by atoms with E-state index in [4.69, 9.17) is 11.6 Å². The molecular weight excluding hydrogens is 416 g/mol. The molecule has 8 heteroatoms. The topological polar surface area (TPSA) is 100 Å². The van der Waals surface area contributed by atoms with Crippen molar-refractivity contribution >= 4 is 34.6 Å².